The summed E-state index contributed by atoms with van der Waals surface area (Å²) in [5.74, 6) is 0. The predicted octanol–water partition coefficient (Wildman–Crippen LogP) is 3.80. The Morgan fingerprint density at radius 2 is 1.90 bits per heavy atom. The maximum absolute atomic E-state index is 12.0. The quantitative estimate of drug-likeness (QED) is 0.889. The third-order valence-corrected chi connectivity index (χ3v) is 7.84. The highest BCUT2D eigenvalue weighted by molar-refractivity contribution is 8.35. The van der Waals surface area contributed by atoms with Gasteiger partial charge in [-0.15, -0.1) is 0 Å². The zero-order valence-corrected chi connectivity index (χ0v) is 14.4. The SMILES string of the molecule is CCCn1cc(C2=CSC(=C3SC=CS3)S2)c(=O)[nH]c1=O. The summed E-state index contributed by atoms with van der Waals surface area (Å²) < 4.78 is 4.00. The van der Waals surface area contributed by atoms with E-state index in [1.165, 1.54) is 8.47 Å². The van der Waals surface area contributed by atoms with Crippen molar-refractivity contribution in [2.24, 2.45) is 0 Å². The number of H-pyrrole nitrogens is 1. The lowest BCUT2D eigenvalue weighted by Gasteiger charge is -2.06. The summed E-state index contributed by atoms with van der Waals surface area (Å²) in [4.78, 5) is 27.1. The molecule has 1 aromatic rings. The van der Waals surface area contributed by atoms with Gasteiger partial charge in [0.05, 0.1) is 14.0 Å². The van der Waals surface area contributed by atoms with Gasteiger partial charge < -0.3 is 0 Å². The molecule has 2 aliphatic heterocycles. The van der Waals surface area contributed by atoms with Crippen LogP contribution in [0.3, 0.4) is 0 Å². The van der Waals surface area contributed by atoms with Crippen molar-refractivity contribution in [3.05, 3.63) is 57.3 Å². The van der Waals surface area contributed by atoms with Crippen LogP contribution in [0.2, 0.25) is 0 Å². The van der Waals surface area contributed by atoms with E-state index < -0.39 is 0 Å². The van der Waals surface area contributed by atoms with Crippen LogP contribution in [0.4, 0.5) is 0 Å². The van der Waals surface area contributed by atoms with Crippen LogP contribution >= 0.6 is 47.0 Å². The molecule has 0 fully saturated rings. The van der Waals surface area contributed by atoms with Crippen LogP contribution in [-0.4, -0.2) is 9.55 Å². The molecular formula is C13H12N2O2S4. The maximum Gasteiger partial charge on any atom is 0.328 e. The Morgan fingerprint density at radius 3 is 2.62 bits per heavy atom. The number of hydrogen-bond acceptors (Lipinski definition) is 6. The lowest BCUT2D eigenvalue weighted by atomic mass is 10.3. The zero-order chi connectivity index (χ0) is 14.8. The second-order valence-electron chi connectivity index (χ2n) is 4.28. The molecule has 2 aliphatic rings. The van der Waals surface area contributed by atoms with Crippen molar-refractivity contribution < 1.29 is 0 Å². The van der Waals surface area contributed by atoms with E-state index in [1.54, 1.807) is 57.8 Å². The Kier molecular flexibility index (Phi) is 4.78. The second-order valence-corrected chi connectivity index (χ2v) is 8.56. The average Bonchev–Trinajstić information content (AvgIpc) is 3.11. The van der Waals surface area contributed by atoms with Gasteiger partial charge in [0.2, 0.25) is 0 Å². The standard InChI is InChI=1S/C13H12N2O2S4/c1-2-3-15-6-8(10(16)14-13(15)17)9-7-20-12(21-9)11-18-4-5-19-11/h4-7H,2-3H2,1H3,(H,14,16,17). The number of aromatic nitrogens is 2. The normalized spacial score (nSPS) is 17.7. The molecule has 0 aromatic carbocycles. The summed E-state index contributed by atoms with van der Waals surface area (Å²) >= 11 is 6.63. The summed E-state index contributed by atoms with van der Waals surface area (Å²) in [7, 11) is 0. The number of hydrogen-bond donors (Lipinski definition) is 1. The fourth-order valence-electron chi connectivity index (χ4n) is 1.86. The molecule has 0 bridgehead atoms. The predicted molar refractivity (Wildman–Crippen MR) is 96.1 cm³/mol. The molecule has 0 saturated heterocycles. The van der Waals surface area contributed by atoms with Crippen molar-refractivity contribution in [2.45, 2.75) is 19.9 Å². The largest absolute Gasteiger partial charge is 0.328 e. The first kappa shape index (κ1) is 15.2. The molecule has 0 amide bonds. The highest BCUT2D eigenvalue weighted by Gasteiger charge is 2.21. The Bertz CT molecular complexity index is 763. The third-order valence-electron chi connectivity index (χ3n) is 2.79. The molecule has 0 spiro atoms. The molecule has 3 heterocycles. The van der Waals surface area contributed by atoms with Crippen LogP contribution in [0, 0.1) is 0 Å². The summed E-state index contributed by atoms with van der Waals surface area (Å²) in [6.45, 7) is 2.61. The van der Waals surface area contributed by atoms with E-state index in [1.807, 2.05) is 12.3 Å². The zero-order valence-electron chi connectivity index (χ0n) is 11.1. The van der Waals surface area contributed by atoms with Crippen LogP contribution in [0.15, 0.2) is 40.5 Å². The molecule has 3 rings (SSSR count). The lowest BCUT2D eigenvalue weighted by Crippen LogP contribution is -2.31. The minimum atomic E-state index is -0.341. The second kappa shape index (κ2) is 6.60. The van der Waals surface area contributed by atoms with Crippen LogP contribution in [0.1, 0.15) is 18.9 Å². The van der Waals surface area contributed by atoms with Crippen molar-refractivity contribution in [1.29, 1.82) is 0 Å². The molecule has 21 heavy (non-hydrogen) atoms. The van der Waals surface area contributed by atoms with E-state index in [-0.39, 0.29) is 11.2 Å². The monoisotopic (exact) mass is 356 g/mol. The minimum Gasteiger partial charge on any atom is -0.300 e. The smallest absolute Gasteiger partial charge is 0.300 e. The lowest BCUT2D eigenvalue weighted by molar-refractivity contribution is 0.630. The van der Waals surface area contributed by atoms with Crippen LogP contribution in [-0.2, 0) is 6.54 Å². The van der Waals surface area contributed by atoms with Gasteiger partial charge in [-0.25, -0.2) is 4.79 Å². The highest BCUT2D eigenvalue weighted by Crippen LogP contribution is 2.55. The van der Waals surface area contributed by atoms with Gasteiger partial charge in [-0.2, -0.15) is 0 Å². The molecule has 0 atom stereocenters. The van der Waals surface area contributed by atoms with E-state index in [0.717, 1.165) is 11.3 Å². The van der Waals surface area contributed by atoms with Crippen molar-refractivity contribution in [1.82, 2.24) is 9.55 Å². The van der Waals surface area contributed by atoms with E-state index >= 15 is 0 Å². The topological polar surface area (TPSA) is 54.9 Å². The van der Waals surface area contributed by atoms with Gasteiger partial charge >= 0.3 is 5.69 Å². The van der Waals surface area contributed by atoms with E-state index in [9.17, 15) is 9.59 Å². The van der Waals surface area contributed by atoms with Gasteiger partial charge in [-0.05, 0) is 22.6 Å². The Hall–Kier alpha value is -0.700. The number of nitrogens with zero attached hydrogens (tertiary/aromatic N) is 1. The first-order valence-corrected chi connectivity index (χ1v) is 9.76. The molecule has 4 nitrogen and oxygen atoms in total. The molecule has 0 radical (unpaired) electrons. The van der Waals surface area contributed by atoms with Crippen LogP contribution in [0.5, 0.6) is 0 Å². The molecule has 1 aromatic heterocycles. The fourth-order valence-corrected chi connectivity index (χ4v) is 6.33. The Morgan fingerprint density at radius 1 is 1.14 bits per heavy atom. The maximum atomic E-state index is 12.0. The van der Waals surface area contributed by atoms with E-state index in [0.29, 0.717) is 12.1 Å². The summed E-state index contributed by atoms with van der Waals surface area (Å²) in [5.41, 5.74) is -0.0913. The number of aromatic amines is 1. The molecule has 0 saturated carbocycles. The van der Waals surface area contributed by atoms with Gasteiger partial charge in [-0.3, -0.25) is 14.3 Å². The van der Waals surface area contributed by atoms with E-state index in [4.69, 9.17) is 0 Å². The first-order chi connectivity index (χ1) is 10.2. The van der Waals surface area contributed by atoms with Gasteiger partial charge in [0.15, 0.2) is 0 Å². The van der Waals surface area contributed by atoms with Gasteiger partial charge in [0, 0.05) is 17.6 Å². The van der Waals surface area contributed by atoms with Gasteiger partial charge in [0.25, 0.3) is 5.56 Å². The first-order valence-electron chi connectivity index (χ1n) is 6.30. The van der Waals surface area contributed by atoms with Gasteiger partial charge in [-0.1, -0.05) is 54.0 Å². The molecular weight excluding hydrogens is 344 g/mol. The summed E-state index contributed by atoms with van der Waals surface area (Å²) in [6.07, 6.45) is 2.52. The van der Waals surface area contributed by atoms with Crippen LogP contribution in [0.25, 0.3) is 4.91 Å². The van der Waals surface area contributed by atoms with Crippen molar-refractivity contribution in [3.8, 4) is 0 Å². The fraction of sp³-hybridized carbons (Fsp3) is 0.231. The molecule has 110 valence electrons. The summed E-state index contributed by atoms with van der Waals surface area (Å²) in [6, 6.07) is 0. The molecule has 1 N–H and O–H groups in total. The van der Waals surface area contributed by atoms with Gasteiger partial charge in [0.1, 0.15) is 0 Å². The third kappa shape index (κ3) is 3.23. The number of nitrogens with one attached hydrogen (secondary N) is 1. The van der Waals surface area contributed by atoms with Crippen molar-refractivity contribution in [2.75, 3.05) is 0 Å². The summed E-state index contributed by atoms with van der Waals surface area (Å²) in [5, 5.41) is 6.10. The molecule has 0 aliphatic carbocycles. The Labute approximate surface area is 138 Å². The van der Waals surface area contributed by atoms with E-state index in [2.05, 4.69) is 15.8 Å². The Balaban J connectivity index is 1.91. The average molecular weight is 357 g/mol. The van der Waals surface area contributed by atoms with Crippen LogP contribution < -0.4 is 11.2 Å². The highest BCUT2D eigenvalue weighted by atomic mass is 32.2. The number of thioether (sulfide) groups is 4. The molecule has 8 heteroatoms. The minimum absolute atomic E-state index is 0.317. The van der Waals surface area contributed by atoms with Crippen molar-refractivity contribution >= 4 is 52.0 Å². The van der Waals surface area contributed by atoms with Crippen molar-refractivity contribution in [3.63, 3.8) is 0 Å². The molecule has 0 unspecified atom stereocenters. The number of aryl methyl sites for hydroxylation is 1. The number of rotatable bonds is 3.